The summed E-state index contributed by atoms with van der Waals surface area (Å²) in [6, 6.07) is 7.65. The molecule has 0 atom stereocenters. The molecule has 1 aliphatic heterocycles. The Hall–Kier alpha value is -1.93. The number of carboxylic acids is 1. The first-order valence-electron chi connectivity index (χ1n) is 9.27. The van der Waals surface area contributed by atoms with Crippen LogP contribution in [-0.2, 0) is 26.0 Å². The molecule has 1 aromatic carbocycles. The van der Waals surface area contributed by atoms with Crippen molar-refractivity contribution in [2.45, 2.75) is 45.6 Å². The molecule has 7 nitrogen and oxygen atoms in total. The second-order valence-electron chi connectivity index (χ2n) is 6.94. The molecular weight excluding hydrogens is 368 g/mol. The van der Waals surface area contributed by atoms with E-state index in [-0.39, 0.29) is 30.7 Å². The van der Waals surface area contributed by atoms with Crippen LogP contribution in [0, 0.1) is 6.92 Å². The highest BCUT2D eigenvalue weighted by atomic mass is 32.2. The van der Waals surface area contributed by atoms with Crippen LogP contribution < -0.4 is 0 Å². The highest BCUT2D eigenvalue weighted by Gasteiger charge is 2.32. The van der Waals surface area contributed by atoms with Crippen LogP contribution in [0.3, 0.4) is 0 Å². The fourth-order valence-electron chi connectivity index (χ4n) is 3.44. The number of hydrogen-bond acceptors (Lipinski definition) is 4. The van der Waals surface area contributed by atoms with Crippen molar-refractivity contribution in [1.29, 1.82) is 0 Å². The largest absolute Gasteiger partial charge is 0.480 e. The fourth-order valence-corrected chi connectivity index (χ4v) is 4.58. The number of benzene rings is 1. The number of rotatable bonds is 8. The fraction of sp³-hybridized carbons (Fsp3) is 0.579. The molecule has 0 unspecified atom stereocenters. The quantitative estimate of drug-likeness (QED) is 0.721. The number of nitrogens with zero attached hydrogens (tertiary/aromatic N) is 2. The van der Waals surface area contributed by atoms with Gasteiger partial charge in [0.25, 0.3) is 0 Å². The molecule has 0 radical (unpaired) electrons. The van der Waals surface area contributed by atoms with Crippen molar-refractivity contribution in [2.24, 2.45) is 0 Å². The summed E-state index contributed by atoms with van der Waals surface area (Å²) in [6.07, 6.45) is 1.72. The zero-order valence-corrected chi connectivity index (χ0v) is 16.7. The molecular formula is C19H28N2O5S. The summed E-state index contributed by atoms with van der Waals surface area (Å²) in [6.45, 7) is 3.88. The summed E-state index contributed by atoms with van der Waals surface area (Å²) in [5.74, 6) is -1.20. The second kappa shape index (κ2) is 9.32. The van der Waals surface area contributed by atoms with E-state index in [1.807, 2.05) is 31.2 Å². The minimum Gasteiger partial charge on any atom is -0.480 e. The van der Waals surface area contributed by atoms with Crippen LogP contribution >= 0.6 is 0 Å². The number of carbonyl (C=O) groups is 2. The molecule has 0 aliphatic carbocycles. The third-order valence-corrected chi connectivity index (χ3v) is 6.84. The van der Waals surface area contributed by atoms with Crippen LogP contribution in [-0.4, -0.2) is 66.0 Å². The number of aryl methyl sites for hydroxylation is 2. The molecule has 2 rings (SSSR count). The summed E-state index contributed by atoms with van der Waals surface area (Å²) in [4.78, 5) is 25.4. The highest BCUT2D eigenvalue weighted by molar-refractivity contribution is 7.89. The summed E-state index contributed by atoms with van der Waals surface area (Å²) in [5, 5.41) is 9.20. The molecule has 150 valence electrons. The summed E-state index contributed by atoms with van der Waals surface area (Å²) >= 11 is 0. The van der Waals surface area contributed by atoms with Gasteiger partial charge in [-0.1, -0.05) is 29.8 Å². The van der Waals surface area contributed by atoms with Crippen molar-refractivity contribution in [1.82, 2.24) is 9.21 Å². The number of amides is 1. The van der Waals surface area contributed by atoms with E-state index in [1.165, 1.54) is 9.21 Å². The third-order valence-electron chi connectivity index (χ3n) is 4.96. The van der Waals surface area contributed by atoms with Crippen molar-refractivity contribution in [2.75, 3.05) is 25.4 Å². The van der Waals surface area contributed by atoms with E-state index in [9.17, 15) is 23.1 Å². The van der Waals surface area contributed by atoms with Crippen molar-refractivity contribution in [3.05, 3.63) is 35.4 Å². The molecule has 0 saturated carbocycles. The van der Waals surface area contributed by atoms with E-state index in [0.29, 0.717) is 32.4 Å². The number of carbonyl (C=O) groups excluding carboxylic acids is 1. The van der Waals surface area contributed by atoms with Crippen LogP contribution in [0.5, 0.6) is 0 Å². The predicted octanol–water partition coefficient (Wildman–Crippen LogP) is 1.65. The van der Waals surface area contributed by atoms with E-state index >= 15 is 0 Å². The molecule has 0 aromatic heterocycles. The summed E-state index contributed by atoms with van der Waals surface area (Å²) in [7, 11) is -3.25. The van der Waals surface area contributed by atoms with Gasteiger partial charge in [-0.05, 0) is 38.7 Å². The number of carboxylic acid groups (broad SMARTS) is 1. The van der Waals surface area contributed by atoms with Gasteiger partial charge in [0, 0.05) is 25.6 Å². The van der Waals surface area contributed by atoms with Crippen molar-refractivity contribution < 1.29 is 23.1 Å². The van der Waals surface area contributed by atoms with E-state index in [0.717, 1.165) is 11.1 Å². The molecule has 1 fully saturated rings. The third kappa shape index (κ3) is 6.04. The Morgan fingerprint density at radius 3 is 2.48 bits per heavy atom. The zero-order valence-electron chi connectivity index (χ0n) is 15.9. The van der Waals surface area contributed by atoms with E-state index in [4.69, 9.17) is 0 Å². The maximum Gasteiger partial charge on any atom is 0.323 e. The number of hydrogen-bond donors (Lipinski definition) is 1. The van der Waals surface area contributed by atoms with Crippen LogP contribution in [0.25, 0.3) is 0 Å². The number of piperidine rings is 1. The van der Waals surface area contributed by atoms with Gasteiger partial charge in [-0.3, -0.25) is 9.59 Å². The van der Waals surface area contributed by atoms with Gasteiger partial charge in [0.15, 0.2) is 0 Å². The molecule has 0 spiro atoms. The van der Waals surface area contributed by atoms with Gasteiger partial charge in [0.1, 0.15) is 6.54 Å². The average Bonchev–Trinajstić information content (AvgIpc) is 2.64. The van der Waals surface area contributed by atoms with E-state index < -0.39 is 16.0 Å². The monoisotopic (exact) mass is 396 g/mol. The van der Waals surface area contributed by atoms with Gasteiger partial charge in [0.2, 0.25) is 15.9 Å². The maximum atomic E-state index is 12.7. The number of sulfonamides is 1. The van der Waals surface area contributed by atoms with Gasteiger partial charge in [0.05, 0.1) is 5.75 Å². The highest BCUT2D eigenvalue weighted by Crippen LogP contribution is 2.20. The summed E-state index contributed by atoms with van der Waals surface area (Å²) < 4.78 is 25.4. The maximum absolute atomic E-state index is 12.7. The van der Waals surface area contributed by atoms with Crippen molar-refractivity contribution in [3.63, 3.8) is 0 Å². The molecule has 1 aromatic rings. The Kier molecular flexibility index (Phi) is 7.38. The Labute approximate surface area is 161 Å². The molecule has 8 heteroatoms. The Bertz CT molecular complexity index is 770. The first-order chi connectivity index (χ1) is 12.7. The minimum atomic E-state index is -3.25. The van der Waals surface area contributed by atoms with Crippen LogP contribution in [0.4, 0.5) is 0 Å². The Balaban J connectivity index is 2.00. The van der Waals surface area contributed by atoms with Gasteiger partial charge >= 0.3 is 5.97 Å². The topological polar surface area (TPSA) is 95.0 Å². The lowest BCUT2D eigenvalue weighted by Crippen LogP contribution is -2.50. The van der Waals surface area contributed by atoms with Gasteiger partial charge in [-0.15, -0.1) is 0 Å². The standard InChI is InChI=1S/C19H28N2O5S/c1-3-27(25,26)20-11-9-17(10-12-20)21(14-19(23)24)18(22)8-7-16-6-4-5-15(2)13-16/h4-6,13,17H,3,7-12,14H2,1-2H3,(H,23,24). The average molecular weight is 397 g/mol. The lowest BCUT2D eigenvalue weighted by atomic mass is 10.0. The molecule has 1 N–H and O–H groups in total. The second-order valence-corrected chi connectivity index (χ2v) is 9.19. The van der Waals surface area contributed by atoms with Crippen molar-refractivity contribution in [3.8, 4) is 0 Å². The zero-order chi connectivity index (χ0) is 20.0. The molecule has 0 bridgehead atoms. The van der Waals surface area contributed by atoms with E-state index in [2.05, 4.69) is 0 Å². The van der Waals surface area contributed by atoms with Gasteiger partial charge < -0.3 is 10.0 Å². The summed E-state index contributed by atoms with van der Waals surface area (Å²) in [5.41, 5.74) is 2.16. The molecule has 1 amide bonds. The number of aliphatic carboxylic acids is 1. The SMILES string of the molecule is CCS(=O)(=O)N1CCC(N(CC(=O)O)C(=O)CCc2cccc(C)c2)CC1. The van der Waals surface area contributed by atoms with E-state index in [1.54, 1.807) is 6.92 Å². The Morgan fingerprint density at radius 2 is 1.93 bits per heavy atom. The van der Waals surface area contributed by atoms with Gasteiger partial charge in [-0.2, -0.15) is 0 Å². The van der Waals surface area contributed by atoms with Crippen LogP contribution in [0.1, 0.15) is 37.3 Å². The van der Waals surface area contributed by atoms with Crippen LogP contribution in [0.2, 0.25) is 0 Å². The molecule has 1 aliphatic rings. The lowest BCUT2D eigenvalue weighted by molar-refractivity contribution is -0.146. The molecule has 1 saturated heterocycles. The molecule has 1 heterocycles. The lowest BCUT2D eigenvalue weighted by Gasteiger charge is -2.37. The molecule has 27 heavy (non-hydrogen) atoms. The smallest absolute Gasteiger partial charge is 0.323 e. The van der Waals surface area contributed by atoms with Crippen LogP contribution in [0.15, 0.2) is 24.3 Å². The first-order valence-corrected chi connectivity index (χ1v) is 10.9. The Morgan fingerprint density at radius 1 is 1.26 bits per heavy atom. The first kappa shape index (κ1) is 21.4. The minimum absolute atomic E-state index is 0.0475. The normalized spacial score (nSPS) is 16.2. The van der Waals surface area contributed by atoms with Crippen molar-refractivity contribution >= 4 is 21.9 Å². The predicted molar refractivity (Wildman–Crippen MR) is 103 cm³/mol. The van der Waals surface area contributed by atoms with Gasteiger partial charge in [-0.25, -0.2) is 12.7 Å².